The van der Waals surface area contributed by atoms with Gasteiger partial charge in [-0.05, 0) is 43.8 Å². The molecule has 1 amide bonds. The fourth-order valence-electron chi connectivity index (χ4n) is 2.74. The average molecular weight is 408 g/mol. The number of morpholine rings is 1. The Morgan fingerprint density at radius 1 is 1.36 bits per heavy atom. The van der Waals surface area contributed by atoms with Crippen LogP contribution in [0.15, 0.2) is 23.3 Å². The van der Waals surface area contributed by atoms with Crippen LogP contribution in [0.2, 0.25) is 0 Å². The summed E-state index contributed by atoms with van der Waals surface area (Å²) >= 11 is 5.24. The summed E-state index contributed by atoms with van der Waals surface area (Å²) < 4.78 is 5.32. The first-order valence-corrected chi connectivity index (χ1v) is 9.92. The SMILES string of the molecule is CCCC(=O)Nc1ccc(O)c(/C(C)=N/NC(=S)NCCN2CCOCC2)c1. The van der Waals surface area contributed by atoms with E-state index in [9.17, 15) is 9.90 Å². The Labute approximate surface area is 171 Å². The molecule has 1 aliphatic heterocycles. The summed E-state index contributed by atoms with van der Waals surface area (Å²) in [6, 6.07) is 4.89. The minimum absolute atomic E-state index is 0.0579. The predicted molar refractivity (Wildman–Crippen MR) is 115 cm³/mol. The molecule has 0 unspecified atom stereocenters. The van der Waals surface area contributed by atoms with Crippen molar-refractivity contribution in [3.05, 3.63) is 23.8 Å². The summed E-state index contributed by atoms with van der Waals surface area (Å²) in [4.78, 5) is 14.1. The summed E-state index contributed by atoms with van der Waals surface area (Å²) in [6.07, 6.45) is 1.23. The van der Waals surface area contributed by atoms with Crippen LogP contribution >= 0.6 is 12.2 Å². The van der Waals surface area contributed by atoms with Crippen molar-refractivity contribution in [3.63, 3.8) is 0 Å². The van der Waals surface area contributed by atoms with Gasteiger partial charge in [-0.25, -0.2) is 0 Å². The number of carbonyl (C=O) groups excluding carboxylic acids is 1. The number of thiocarbonyl (C=S) groups is 1. The highest BCUT2D eigenvalue weighted by Crippen LogP contribution is 2.22. The molecule has 4 N–H and O–H groups in total. The van der Waals surface area contributed by atoms with Crippen LogP contribution in [0, 0.1) is 0 Å². The fourth-order valence-corrected chi connectivity index (χ4v) is 2.89. The number of aromatic hydroxyl groups is 1. The number of carbonyl (C=O) groups is 1. The molecule has 0 spiro atoms. The van der Waals surface area contributed by atoms with Gasteiger partial charge >= 0.3 is 0 Å². The van der Waals surface area contributed by atoms with Crippen molar-refractivity contribution < 1.29 is 14.6 Å². The van der Waals surface area contributed by atoms with E-state index in [4.69, 9.17) is 17.0 Å². The number of phenols is 1. The molecule has 1 aromatic carbocycles. The summed E-state index contributed by atoms with van der Waals surface area (Å²) in [5.74, 6) is 0.0280. The molecule has 154 valence electrons. The number of phenolic OH excluding ortho intramolecular Hbond substituents is 1. The summed E-state index contributed by atoms with van der Waals surface area (Å²) in [6.45, 7) is 8.71. The van der Waals surface area contributed by atoms with E-state index >= 15 is 0 Å². The minimum Gasteiger partial charge on any atom is -0.507 e. The third-order valence-electron chi connectivity index (χ3n) is 4.29. The van der Waals surface area contributed by atoms with Crippen LogP contribution in [0.1, 0.15) is 32.3 Å². The summed E-state index contributed by atoms with van der Waals surface area (Å²) in [5, 5.41) is 20.7. The van der Waals surface area contributed by atoms with Crippen LogP contribution in [-0.2, 0) is 9.53 Å². The van der Waals surface area contributed by atoms with Crippen LogP contribution in [0.3, 0.4) is 0 Å². The number of amides is 1. The molecule has 28 heavy (non-hydrogen) atoms. The molecule has 8 nitrogen and oxygen atoms in total. The molecule has 9 heteroatoms. The van der Waals surface area contributed by atoms with Gasteiger partial charge in [0.1, 0.15) is 5.75 Å². The average Bonchev–Trinajstić information content (AvgIpc) is 2.68. The van der Waals surface area contributed by atoms with Crippen molar-refractivity contribution in [2.75, 3.05) is 44.7 Å². The lowest BCUT2D eigenvalue weighted by Crippen LogP contribution is -2.42. The number of hydrogen-bond donors (Lipinski definition) is 4. The molecule has 2 rings (SSSR count). The second-order valence-corrected chi connectivity index (χ2v) is 6.96. The quantitative estimate of drug-likeness (QED) is 0.225. The molecule has 0 aliphatic carbocycles. The highest BCUT2D eigenvalue weighted by molar-refractivity contribution is 7.80. The van der Waals surface area contributed by atoms with E-state index in [1.807, 2.05) is 6.92 Å². The second-order valence-electron chi connectivity index (χ2n) is 6.55. The van der Waals surface area contributed by atoms with Gasteiger partial charge in [-0.2, -0.15) is 5.10 Å². The standard InChI is InChI=1S/C19H29N5O3S/c1-3-4-18(26)21-15-5-6-17(25)16(13-15)14(2)22-23-19(28)20-7-8-24-9-11-27-12-10-24/h5-6,13,25H,3-4,7-12H2,1-2H3,(H,21,26)(H2,20,23,28)/b22-14+. The Balaban J connectivity index is 1.85. The molecule has 0 radical (unpaired) electrons. The lowest BCUT2D eigenvalue weighted by Gasteiger charge is -2.26. The summed E-state index contributed by atoms with van der Waals surface area (Å²) in [7, 11) is 0. The largest absolute Gasteiger partial charge is 0.507 e. The van der Waals surface area contributed by atoms with Gasteiger partial charge in [-0.3, -0.25) is 15.1 Å². The highest BCUT2D eigenvalue weighted by Gasteiger charge is 2.10. The highest BCUT2D eigenvalue weighted by atomic mass is 32.1. The van der Waals surface area contributed by atoms with Crippen molar-refractivity contribution in [2.24, 2.45) is 5.10 Å². The molecule has 1 aliphatic rings. The fraction of sp³-hybridized carbons (Fsp3) is 0.526. The zero-order chi connectivity index (χ0) is 20.4. The van der Waals surface area contributed by atoms with Crippen molar-refractivity contribution >= 4 is 34.6 Å². The number of nitrogens with zero attached hydrogens (tertiary/aromatic N) is 2. The van der Waals surface area contributed by atoms with Gasteiger partial charge < -0.3 is 20.5 Å². The predicted octanol–water partition coefficient (Wildman–Crippen LogP) is 1.65. The smallest absolute Gasteiger partial charge is 0.224 e. The van der Waals surface area contributed by atoms with Crippen LogP contribution in [0.25, 0.3) is 0 Å². The zero-order valence-corrected chi connectivity index (χ0v) is 17.3. The van der Waals surface area contributed by atoms with Gasteiger partial charge in [0.15, 0.2) is 5.11 Å². The number of hydrogen-bond acceptors (Lipinski definition) is 6. The third kappa shape index (κ3) is 7.41. The van der Waals surface area contributed by atoms with Crippen LogP contribution < -0.4 is 16.1 Å². The molecular weight excluding hydrogens is 378 g/mol. The topological polar surface area (TPSA) is 98.2 Å². The van der Waals surface area contributed by atoms with Crippen molar-refractivity contribution in [2.45, 2.75) is 26.7 Å². The van der Waals surface area contributed by atoms with Crippen molar-refractivity contribution in [3.8, 4) is 5.75 Å². The van der Waals surface area contributed by atoms with Crippen LogP contribution in [0.4, 0.5) is 5.69 Å². The van der Waals surface area contributed by atoms with Gasteiger partial charge in [0.2, 0.25) is 5.91 Å². The first-order chi connectivity index (χ1) is 13.5. The number of anilines is 1. The molecule has 1 aromatic rings. The third-order valence-corrected chi connectivity index (χ3v) is 4.53. The van der Waals surface area contributed by atoms with Crippen LogP contribution in [0.5, 0.6) is 5.75 Å². The van der Waals surface area contributed by atoms with E-state index in [0.29, 0.717) is 35.0 Å². The normalized spacial score (nSPS) is 15.1. The molecule has 1 fully saturated rings. The van der Waals surface area contributed by atoms with E-state index < -0.39 is 0 Å². The molecule has 1 heterocycles. The summed E-state index contributed by atoms with van der Waals surface area (Å²) in [5.41, 5.74) is 4.49. The maximum atomic E-state index is 11.8. The van der Waals surface area contributed by atoms with E-state index in [2.05, 4.69) is 26.1 Å². The maximum absolute atomic E-state index is 11.8. The van der Waals surface area contributed by atoms with E-state index in [1.165, 1.54) is 6.07 Å². The van der Waals surface area contributed by atoms with Gasteiger partial charge in [0.05, 0.1) is 18.9 Å². The molecular formula is C19H29N5O3S. The van der Waals surface area contributed by atoms with Gasteiger partial charge in [-0.15, -0.1) is 0 Å². The van der Waals surface area contributed by atoms with Crippen molar-refractivity contribution in [1.29, 1.82) is 0 Å². The van der Waals surface area contributed by atoms with Gasteiger partial charge in [0.25, 0.3) is 0 Å². The molecule has 0 saturated carbocycles. The maximum Gasteiger partial charge on any atom is 0.224 e. The Morgan fingerprint density at radius 2 is 2.11 bits per heavy atom. The number of benzene rings is 1. The lowest BCUT2D eigenvalue weighted by molar-refractivity contribution is -0.116. The monoisotopic (exact) mass is 407 g/mol. The lowest BCUT2D eigenvalue weighted by atomic mass is 10.1. The zero-order valence-electron chi connectivity index (χ0n) is 16.5. The minimum atomic E-state index is -0.0579. The van der Waals surface area contributed by atoms with E-state index in [1.54, 1.807) is 19.1 Å². The Hall–Kier alpha value is -2.23. The number of nitrogens with one attached hydrogen (secondary N) is 3. The molecule has 0 bridgehead atoms. The first-order valence-electron chi connectivity index (χ1n) is 9.51. The van der Waals surface area contributed by atoms with E-state index in [-0.39, 0.29) is 11.7 Å². The number of hydrazone groups is 1. The molecule has 0 atom stereocenters. The van der Waals surface area contributed by atoms with Gasteiger partial charge in [0, 0.05) is 43.9 Å². The Kier molecular flexibility index (Phi) is 9.12. The second kappa shape index (κ2) is 11.6. The van der Waals surface area contributed by atoms with Crippen molar-refractivity contribution in [1.82, 2.24) is 15.6 Å². The molecule has 0 aromatic heterocycles. The number of rotatable bonds is 8. The number of ether oxygens (including phenoxy) is 1. The van der Waals surface area contributed by atoms with Crippen LogP contribution in [-0.4, -0.2) is 66.1 Å². The van der Waals surface area contributed by atoms with E-state index in [0.717, 1.165) is 39.3 Å². The molecule has 1 saturated heterocycles. The Bertz CT molecular complexity index is 705. The first kappa shape index (κ1) is 22.1. The van der Waals surface area contributed by atoms with Gasteiger partial charge in [-0.1, -0.05) is 6.92 Å². The Morgan fingerprint density at radius 3 is 2.82 bits per heavy atom.